The van der Waals surface area contributed by atoms with Gasteiger partial charge in [-0.2, -0.15) is 5.26 Å². The van der Waals surface area contributed by atoms with Gasteiger partial charge in [-0.05, 0) is 44.2 Å². The maximum Gasteiger partial charge on any atom is 0.277 e. The molecule has 0 bridgehead atoms. The Morgan fingerprint density at radius 3 is 2.89 bits per heavy atom. The zero-order chi connectivity index (χ0) is 19.9. The van der Waals surface area contributed by atoms with Gasteiger partial charge in [-0.1, -0.05) is 30.0 Å². The van der Waals surface area contributed by atoms with E-state index in [9.17, 15) is 4.79 Å². The summed E-state index contributed by atoms with van der Waals surface area (Å²) < 4.78 is 11.3. The Bertz CT molecular complexity index is 1010. The van der Waals surface area contributed by atoms with E-state index in [2.05, 4.69) is 15.5 Å². The lowest BCUT2D eigenvalue weighted by Crippen LogP contribution is -2.22. The molecule has 8 heteroatoms. The van der Waals surface area contributed by atoms with Crippen molar-refractivity contribution in [1.82, 2.24) is 10.2 Å². The number of anilines is 1. The number of ether oxygens (including phenoxy) is 1. The van der Waals surface area contributed by atoms with Gasteiger partial charge < -0.3 is 14.5 Å². The number of thioether (sulfide) groups is 1. The molecule has 0 aliphatic carbocycles. The summed E-state index contributed by atoms with van der Waals surface area (Å²) in [7, 11) is 0. The molecule has 1 unspecified atom stereocenters. The molecule has 0 radical (unpaired) electrons. The average molecular weight is 394 g/mol. The van der Waals surface area contributed by atoms with E-state index >= 15 is 0 Å². The number of amides is 1. The van der Waals surface area contributed by atoms with Gasteiger partial charge in [0.25, 0.3) is 11.1 Å². The average Bonchev–Trinajstić information content (AvgIpc) is 3.17. The Labute approximate surface area is 166 Å². The Morgan fingerprint density at radius 2 is 2.11 bits per heavy atom. The zero-order valence-corrected chi connectivity index (χ0v) is 16.2. The number of carbonyl (C=O) groups excluding carboxylic acids is 1. The van der Waals surface area contributed by atoms with Crippen molar-refractivity contribution in [2.75, 3.05) is 11.9 Å². The largest absolute Gasteiger partial charge is 0.493 e. The quantitative estimate of drug-likeness (QED) is 0.601. The van der Waals surface area contributed by atoms with Gasteiger partial charge in [0, 0.05) is 5.69 Å². The van der Waals surface area contributed by atoms with E-state index in [4.69, 9.17) is 14.4 Å². The van der Waals surface area contributed by atoms with Gasteiger partial charge in [-0.15, -0.1) is 10.2 Å². The summed E-state index contributed by atoms with van der Waals surface area (Å²) in [5.74, 6) is 0.767. The monoisotopic (exact) mass is 394 g/mol. The number of para-hydroxylation sites is 1. The smallest absolute Gasteiger partial charge is 0.277 e. The van der Waals surface area contributed by atoms with Crippen LogP contribution in [0.5, 0.6) is 5.75 Å². The van der Waals surface area contributed by atoms with Crippen LogP contribution in [0.25, 0.3) is 11.5 Å². The Morgan fingerprint density at radius 1 is 1.29 bits per heavy atom. The van der Waals surface area contributed by atoms with E-state index < -0.39 is 5.25 Å². The summed E-state index contributed by atoms with van der Waals surface area (Å²) in [6.07, 6.45) is 0. The lowest BCUT2D eigenvalue weighted by Gasteiger charge is -2.10. The van der Waals surface area contributed by atoms with Crippen molar-refractivity contribution in [1.29, 1.82) is 5.26 Å². The Hall–Kier alpha value is -3.31. The molecule has 1 amide bonds. The molecule has 28 heavy (non-hydrogen) atoms. The molecule has 3 rings (SSSR count). The first-order chi connectivity index (χ1) is 13.6. The second-order valence-electron chi connectivity index (χ2n) is 5.74. The van der Waals surface area contributed by atoms with Gasteiger partial charge in [-0.3, -0.25) is 4.79 Å². The van der Waals surface area contributed by atoms with Crippen LogP contribution in [0.2, 0.25) is 0 Å². The van der Waals surface area contributed by atoms with Crippen molar-refractivity contribution in [2.45, 2.75) is 24.3 Å². The molecule has 0 fully saturated rings. The molecule has 0 spiro atoms. The van der Waals surface area contributed by atoms with Gasteiger partial charge in [0.2, 0.25) is 5.91 Å². The van der Waals surface area contributed by atoms with Crippen molar-refractivity contribution in [3.63, 3.8) is 0 Å². The normalized spacial score (nSPS) is 11.5. The summed E-state index contributed by atoms with van der Waals surface area (Å²) in [5.41, 5.74) is 1.75. The van der Waals surface area contributed by atoms with E-state index in [1.54, 1.807) is 31.2 Å². The summed E-state index contributed by atoms with van der Waals surface area (Å²) in [6.45, 7) is 4.17. The molecule has 1 N–H and O–H groups in total. The maximum absolute atomic E-state index is 12.4. The minimum absolute atomic E-state index is 0.227. The first-order valence-corrected chi connectivity index (χ1v) is 9.52. The number of nitrogens with zero attached hydrogens (tertiary/aromatic N) is 3. The van der Waals surface area contributed by atoms with Crippen LogP contribution in [0.3, 0.4) is 0 Å². The number of hydrogen-bond donors (Lipinski definition) is 1. The fourth-order valence-corrected chi connectivity index (χ4v) is 3.09. The standard InChI is InChI=1S/C20H18N4O3S/c1-3-26-17-10-5-4-9-16(17)19-23-24-20(27-19)28-13(2)18(25)22-15-8-6-7-14(11-15)12-21/h4-11,13H,3H2,1-2H3,(H,22,25). The van der Waals surface area contributed by atoms with E-state index in [0.29, 0.717) is 35.1 Å². The summed E-state index contributed by atoms with van der Waals surface area (Å²) in [5, 5.41) is 19.6. The van der Waals surface area contributed by atoms with Gasteiger partial charge in [0.1, 0.15) is 5.75 Å². The summed E-state index contributed by atoms with van der Waals surface area (Å²) in [4.78, 5) is 12.4. The van der Waals surface area contributed by atoms with Gasteiger partial charge >= 0.3 is 0 Å². The third-order valence-electron chi connectivity index (χ3n) is 3.73. The van der Waals surface area contributed by atoms with Crippen molar-refractivity contribution < 1.29 is 13.9 Å². The highest BCUT2D eigenvalue weighted by Gasteiger charge is 2.20. The molecule has 1 aromatic heterocycles. The molecule has 1 heterocycles. The Balaban J connectivity index is 1.67. The minimum atomic E-state index is -0.471. The van der Waals surface area contributed by atoms with Crippen molar-refractivity contribution in [3.8, 4) is 23.3 Å². The van der Waals surface area contributed by atoms with Crippen molar-refractivity contribution in [2.24, 2.45) is 0 Å². The minimum Gasteiger partial charge on any atom is -0.493 e. The highest BCUT2D eigenvalue weighted by molar-refractivity contribution is 8.00. The molecule has 7 nitrogen and oxygen atoms in total. The predicted octanol–water partition coefficient (Wildman–Crippen LogP) is 4.13. The number of rotatable bonds is 7. The summed E-state index contributed by atoms with van der Waals surface area (Å²) in [6, 6.07) is 16.2. The molecule has 2 aromatic carbocycles. The highest BCUT2D eigenvalue weighted by Crippen LogP contribution is 2.32. The molecule has 0 aliphatic heterocycles. The number of hydrogen-bond acceptors (Lipinski definition) is 7. The highest BCUT2D eigenvalue weighted by atomic mass is 32.2. The second kappa shape index (κ2) is 9.06. The molecular formula is C20H18N4O3S. The van der Waals surface area contributed by atoms with Crippen molar-refractivity contribution in [3.05, 3.63) is 54.1 Å². The number of carbonyl (C=O) groups is 1. The number of aromatic nitrogens is 2. The van der Waals surface area contributed by atoms with Crippen LogP contribution in [0.4, 0.5) is 5.69 Å². The fraction of sp³-hybridized carbons (Fsp3) is 0.200. The zero-order valence-electron chi connectivity index (χ0n) is 15.4. The molecule has 0 saturated heterocycles. The van der Waals surface area contributed by atoms with E-state index in [1.165, 1.54) is 0 Å². The van der Waals surface area contributed by atoms with Gasteiger partial charge in [0.05, 0.1) is 29.1 Å². The van der Waals surface area contributed by atoms with Crippen molar-refractivity contribution >= 4 is 23.4 Å². The molecule has 142 valence electrons. The number of nitrogens with one attached hydrogen (secondary N) is 1. The second-order valence-corrected chi connectivity index (χ2v) is 7.04. The van der Waals surface area contributed by atoms with E-state index in [0.717, 1.165) is 11.8 Å². The summed E-state index contributed by atoms with van der Waals surface area (Å²) >= 11 is 1.16. The van der Waals surface area contributed by atoms with Gasteiger partial charge in [-0.25, -0.2) is 0 Å². The van der Waals surface area contributed by atoms with Gasteiger partial charge in [0.15, 0.2) is 0 Å². The lowest BCUT2D eigenvalue weighted by molar-refractivity contribution is -0.115. The Kier molecular flexibility index (Phi) is 6.29. The van der Waals surface area contributed by atoms with Crippen LogP contribution in [0, 0.1) is 11.3 Å². The van der Waals surface area contributed by atoms with Crippen LogP contribution in [-0.2, 0) is 4.79 Å². The lowest BCUT2D eigenvalue weighted by atomic mass is 10.2. The topological polar surface area (TPSA) is 101 Å². The van der Waals surface area contributed by atoms with Crippen LogP contribution in [0.15, 0.2) is 58.2 Å². The van der Waals surface area contributed by atoms with E-state index in [-0.39, 0.29) is 11.1 Å². The first-order valence-electron chi connectivity index (χ1n) is 8.64. The number of nitriles is 1. The predicted molar refractivity (Wildman–Crippen MR) is 106 cm³/mol. The third kappa shape index (κ3) is 4.69. The maximum atomic E-state index is 12.4. The molecule has 3 aromatic rings. The third-order valence-corrected chi connectivity index (χ3v) is 4.66. The molecule has 0 saturated carbocycles. The van der Waals surface area contributed by atoms with Crippen LogP contribution in [0.1, 0.15) is 19.4 Å². The molecule has 1 atom stereocenters. The van der Waals surface area contributed by atoms with Crippen LogP contribution < -0.4 is 10.1 Å². The SMILES string of the molecule is CCOc1ccccc1-c1nnc(SC(C)C(=O)Nc2cccc(C#N)c2)o1. The van der Waals surface area contributed by atoms with Crippen LogP contribution >= 0.6 is 11.8 Å². The number of benzene rings is 2. The fourth-order valence-electron chi connectivity index (χ4n) is 2.41. The van der Waals surface area contributed by atoms with Crippen LogP contribution in [-0.4, -0.2) is 28.0 Å². The molecular weight excluding hydrogens is 376 g/mol. The van der Waals surface area contributed by atoms with E-state index in [1.807, 2.05) is 37.3 Å². The first kappa shape index (κ1) is 19.5. The molecule has 0 aliphatic rings.